The molecule has 0 unspecified atom stereocenters. The summed E-state index contributed by atoms with van der Waals surface area (Å²) in [5.74, 6) is 0.289. The number of anilines is 3. The number of carbonyl (C=O) groups is 1. The summed E-state index contributed by atoms with van der Waals surface area (Å²) in [6.07, 6.45) is 1.38. The van der Waals surface area contributed by atoms with Gasteiger partial charge in [0.2, 0.25) is 0 Å². The van der Waals surface area contributed by atoms with Gasteiger partial charge in [-0.1, -0.05) is 24.3 Å². The van der Waals surface area contributed by atoms with Gasteiger partial charge in [0, 0.05) is 24.0 Å². The number of nitrogens with one attached hydrogen (secondary N) is 1. The average molecular weight is 343 g/mol. The fourth-order valence-corrected chi connectivity index (χ4v) is 2.57. The third-order valence-electron chi connectivity index (χ3n) is 3.80. The number of nitriles is 1. The molecule has 6 heteroatoms. The summed E-state index contributed by atoms with van der Waals surface area (Å²) >= 11 is 0. The Hall–Kier alpha value is -3.72. The van der Waals surface area contributed by atoms with Gasteiger partial charge in [-0.05, 0) is 37.3 Å². The second-order valence-corrected chi connectivity index (χ2v) is 5.49. The van der Waals surface area contributed by atoms with Crippen LogP contribution in [0.15, 0.2) is 67.0 Å². The summed E-state index contributed by atoms with van der Waals surface area (Å²) in [6.45, 7) is 2.72. The lowest BCUT2D eigenvalue weighted by atomic mass is 10.2. The van der Waals surface area contributed by atoms with Gasteiger partial charge in [0.1, 0.15) is 17.8 Å². The minimum absolute atomic E-state index is 0.256. The lowest BCUT2D eigenvalue weighted by molar-refractivity contribution is 0.102. The first kappa shape index (κ1) is 17.1. The van der Waals surface area contributed by atoms with E-state index in [1.54, 1.807) is 30.3 Å². The molecule has 0 aliphatic heterocycles. The summed E-state index contributed by atoms with van der Waals surface area (Å²) in [7, 11) is 0. The maximum absolute atomic E-state index is 12.5. The Kier molecular flexibility index (Phi) is 5.20. The fourth-order valence-electron chi connectivity index (χ4n) is 2.57. The van der Waals surface area contributed by atoms with E-state index in [0.717, 1.165) is 5.69 Å². The normalized spacial score (nSPS) is 10.0. The van der Waals surface area contributed by atoms with E-state index in [4.69, 9.17) is 5.26 Å². The largest absolute Gasteiger partial charge is 0.327 e. The number of para-hydroxylation sites is 1. The summed E-state index contributed by atoms with van der Waals surface area (Å²) in [6, 6.07) is 20.3. The molecule has 0 radical (unpaired) electrons. The van der Waals surface area contributed by atoms with Crippen molar-refractivity contribution in [1.82, 2.24) is 9.97 Å². The summed E-state index contributed by atoms with van der Waals surface area (Å²) in [5.41, 5.74) is 2.27. The zero-order chi connectivity index (χ0) is 18.4. The van der Waals surface area contributed by atoms with Crippen LogP contribution in [0.3, 0.4) is 0 Å². The highest BCUT2D eigenvalue weighted by atomic mass is 16.1. The zero-order valence-electron chi connectivity index (χ0n) is 14.3. The van der Waals surface area contributed by atoms with Crippen LogP contribution in [0.25, 0.3) is 0 Å². The van der Waals surface area contributed by atoms with Crippen molar-refractivity contribution in [3.05, 3.63) is 78.2 Å². The molecule has 1 N–H and O–H groups in total. The molecule has 0 spiro atoms. The van der Waals surface area contributed by atoms with Gasteiger partial charge in [0.05, 0.1) is 11.6 Å². The van der Waals surface area contributed by atoms with E-state index in [-0.39, 0.29) is 11.6 Å². The molecule has 0 saturated heterocycles. The van der Waals surface area contributed by atoms with E-state index in [1.807, 2.05) is 48.2 Å². The first-order valence-corrected chi connectivity index (χ1v) is 8.17. The number of nitrogens with zero attached hydrogens (tertiary/aromatic N) is 4. The molecule has 0 atom stereocenters. The third-order valence-corrected chi connectivity index (χ3v) is 3.80. The van der Waals surface area contributed by atoms with E-state index in [9.17, 15) is 4.79 Å². The van der Waals surface area contributed by atoms with Gasteiger partial charge in [0.15, 0.2) is 0 Å². The van der Waals surface area contributed by atoms with Gasteiger partial charge in [-0.25, -0.2) is 9.97 Å². The van der Waals surface area contributed by atoms with Crippen molar-refractivity contribution in [2.24, 2.45) is 0 Å². The van der Waals surface area contributed by atoms with Crippen molar-refractivity contribution in [2.75, 3.05) is 16.8 Å². The smallest absolute Gasteiger partial charge is 0.274 e. The molecule has 1 aromatic heterocycles. The molecule has 6 nitrogen and oxygen atoms in total. The first-order valence-electron chi connectivity index (χ1n) is 8.17. The molecule has 0 bridgehead atoms. The average Bonchev–Trinajstić information content (AvgIpc) is 2.70. The number of rotatable bonds is 5. The van der Waals surface area contributed by atoms with E-state index in [0.29, 0.717) is 23.6 Å². The highest BCUT2D eigenvalue weighted by Crippen LogP contribution is 2.23. The Labute approximate surface area is 151 Å². The fraction of sp³-hybridized carbons (Fsp3) is 0.100. The molecule has 3 rings (SSSR count). The Morgan fingerprint density at radius 3 is 2.65 bits per heavy atom. The molecule has 0 saturated carbocycles. The van der Waals surface area contributed by atoms with Crippen molar-refractivity contribution < 1.29 is 4.79 Å². The van der Waals surface area contributed by atoms with Gasteiger partial charge >= 0.3 is 0 Å². The second kappa shape index (κ2) is 7.90. The predicted molar refractivity (Wildman–Crippen MR) is 100 cm³/mol. The van der Waals surface area contributed by atoms with Crippen LogP contribution < -0.4 is 10.2 Å². The molecule has 1 heterocycles. The van der Waals surface area contributed by atoms with Crippen LogP contribution in [-0.4, -0.2) is 22.4 Å². The molecular formula is C20H17N5O. The van der Waals surface area contributed by atoms with E-state index in [1.165, 1.54) is 6.33 Å². The van der Waals surface area contributed by atoms with Crippen LogP contribution in [0, 0.1) is 11.3 Å². The Morgan fingerprint density at radius 1 is 1.12 bits per heavy atom. The summed E-state index contributed by atoms with van der Waals surface area (Å²) < 4.78 is 0. The minimum atomic E-state index is -0.354. The molecule has 0 aliphatic carbocycles. The monoisotopic (exact) mass is 343 g/mol. The molecule has 2 aromatic carbocycles. The maximum Gasteiger partial charge on any atom is 0.274 e. The molecule has 26 heavy (non-hydrogen) atoms. The zero-order valence-corrected chi connectivity index (χ0v) is 14.3. The van der Waals surface area contributed by atoms with Gasteiger partial charge < -0.3 is 10.2 Å². The predicted octanol–water partition coefficient (Wildman–Crippen LogP) is 3.76. The van der Waals surface area contributed by atoms with E-state index >= 15 is 0 Å². The maximum atomic E-state index is 12.5. The first-order chi connectivity index (χ1) is 12.7. The van der Waals surface area contributed by atoms with Gasteiger partial charge in [-0.2, -0.15) is 5.26 Å². The highest BCUT2D eigenvalue weighted by Gasteiger charge is 2.13. The number of aromatic nitrogens is 2. The van der Waals surface area contributed by atoms with Gasteiger partial charge in [0.25, 0.3) is 5.91 Å². The Bertz CT molecular complexity index is 950. The lowest BCUT2D eigenvalue weighted by Gasteiger charge is -2.22. The molecule has 0 aliphatic rings. The molecule has 1 amide bonds. The summed E-state index contributed by atoms with van der Waals surface area (Å²) in [5, 5.41) is 11.7. The standard InChI is InChI=1S/C20H17N5O/c1-2-25(17-9-4-3-5-10-17)19-12-18(22-14-23-19)20(26)24-16-8-6-7-15(11-16)13-21/h3-12,14H,2H2,1H3,(H,24,26). The van der Waals surface area contributed by atoms with E-state index in [2.05, 4.69) is 15.3 Å². The molecular weight excluding hydrogens is 326 g/mol. The van der Waals surface area contributed by atoms with Crippen LogP contribution in [0.4, 0.5) is 17.2 Å². The van der Waals surface area contributed by atoms with Crippen LogP contribution >= 0.6 is 0 Å². The number of hydrogen-bond acceptors (Lipinski definition) is 5. The third kappa shape index (κ3) is 3.84. The van der Waals surface area contributed by atoms with Crippen molar-refractivity contribution in [2.45, 2.75) is 6.92 Å². The van der Waals surface area contributed by atoms with Crippen molar-refractivity contribution in [3.63, 3.8) is 0 Å². The van der Waals surface area contributed by atoms with E-state index < -0.39 is 0 Å². The highest BCUT2D eigenvalue weighted by molar-refractivity contribution is 6.03. The quantitative estimate of drug-likeness (QED) is 0.763. The number of hydrogen-bond donors (Lipinski definition) is 1. The second-order valence-electron chi connectivity index (χ2n) is 5.49. The van der Waals surface area contributed by atoms with Crippen molar-refractivity contribution in [1.29, 1.82) is 5.26 Å². The lowest BCUT2D eigenvalue weighted by Crippen LogP contribution is -2.20. The molecule has 3 aromatic rings. The SMILES string of the molecule is CCN(c1ccccc1)c1cc(C(=O)Nc2cccc(C#N)c2)ncn1. The number of benzene rings is 2. The molecule has 128 valence electrons. The topological polar surface area (TPSA) is 81.9 Å². The minimum Gasteiger partial charge on any atom is -0.327 e. The Morgan fingerprint density at radius 2 is 1.92 bits per heavy atom. The van der Waals surface area contributed by atoms with Crippen LogP contribution in [-0.2, 0) is 0 Å². The molecule has 0 fully saturated rings. The van der Waals surface area contributed by atoms with Crippen molar-refractivity contribution in [3.8, 4) is 6.07 Å². The summed E-state index contributed by atoms with van der Waals surface area (Å²) in [4.78, 5) is 22.9. The Balaban J connectivity index is 1.84. The van der Waals surface area contributed by atoms with Crippen LogP contribution in [0.2, 0.25) is 0 Å². The van der Waals surface area contributed by atoms with Crippen LogP contribution in [0.1, 0.15) is 23.0 Å². The van der Waals surface area contributed by atoms with Crippen molar-refractivity contribution >= 4 is 23.1 Å². The number of amides is 1. The number of carbonyl (C=O) groups excluding carboxylic acids is 1. The van der Waals surface area contributed by atoms with Crippen LogP contribution in [0.5, 0.6) is 0 Å². The van der Waals surface area contributed by atoms with Gasteiger partial charge in [-0.15, -0.1) is 0 Å². The van der Waals surface area contributed by atoms with Gasteiger partial charge in [-0.3, -0.25) is 4.79 Å².